The van der Waals surface area contributed by atoms with Crippen LogP contribution in [0.1, 0.15) is 24.5 Å². The number of rotatable bonds is 7. The van der Waals surface area contributed by atoms with E-state index in [2.05, 4.69) is 57.3 Å². The first-order valence-electron chi connectivity index (χ1n) is 6.90. The third kappa shape index (κ3) is 4.12. The molecule has 0 fully saturated rings. The molecule has 1 heterocycles. The average Bonchev–Trinajstić information content (AvgIpc) is 2.87. The third-order valence-electron chi connectivity index (χ3n) is 3.16. The van der Waals surface area contributed by atoms with Gasteiger partial charge >= 0.3 is 0 Å². The van der Waals surface area contributed by atoms with Crippen molar-refractivity contribution in [2.75, 3.05) is 13.7 Å². The van der Waals surface area contributed by atoms with Gasteiger partial charge in [-0.05, 0) is 42.8 Å². The number of hydrogen-bond donors (Lipinski definition) is 1. The maximum Gasteiger partial charge on any atom is 0.123 e. The number of nitrogens with zero attached hydrogens (tertiary/aromatic N) is 1. The molecule has 0 spiro atoms. The molecule has 0 radical (unpaired) electrons. The van der Waals surface area contributed by atoms with Crippen molar-refractivity contribution in [3.8, 4) is 5.75 Å². The van der Waals surface area contributed by atoms with Crippen LogP contribution in [0.3, 0.4) is 0 Å². The van der Waals surface area contributed by atoms with E-state index in [9.17, 15) is 0 Å². The van der Waals surface area contributed by atoms with Gasteiger partial charge in [-0.15, -0.1) is 0 Å². The van der Waals surface area contributed by atoms with Gasteiger partial charge in [0.2, 0.25) is 0 Å². The second kappa shape index (κ2) is 7.50. The first-order valence-corrected chi connectivity index (χ1v) is 7.70. The van der Waals surface area contributed by atoms with Gasteiger partial charge in [0.05, 0.1) is 13.7 Å². The zero-order valence-corrected chi connectivity index (χ0v) is 13.6. The Morgan fingerprint density at radius 1 is 1.30 bits per heavy atom. The predicted molar refractivity (Wildman–Crippen MR) is 86.2 cm³/mol. The molecular weight excluding hydrogens is 316 g/mol. The van der Waals surface area contributed by atoms with Gasteiger partial charge in [0.25, 0.3) is 0 Å². The van der Waals surface area contributed by atoms with Gasteiger partial charge in [0, 0.05) is 29.0 Å². The summed E-state index contributed by atoms with van der Waals surface area (Å²) in [5, 5.41) is 3.41. The Morgan fingerprint density at radius 2 is 2.15 bits per heavy atom. The maximum absolute atomic E-state index is 5.41. The van der Waals surface area contributed by atoms with Crippen molar-refractivity contribution in [1.29, 1.82) is 0 Å². The van der Waals surface area contributed by atoms with Crippen molar-refractivity contribution < 1.29 is 4.74 Å². The summed E-state index contributed by atoms with van der Waals surface area (Å²) in [4.78, 5) is 0. The van der Waals surface area contributed by atoms with Crippen LogP contribution in [0.25, 0.3) is 0 Å². The lowest BCUT2D eigenvalue weighted by atomic mass is 10.2. The minimum Gasteiger partial charge on any atom is -0.496 e. The summed E-state index contributed by atoms with van der Waals surface area (Å²) in [5.74, 6) is 0.924. The van der Waals surface area contributed by atoms with Crippen molar-refractivity contribution in [2.45, 2.75) is 26.4 Å². The predicted octanol–water partition coefficient (Wildman–Crippen LogP) is 3.81. The fraction of sp³-hybridized carbons (Fsp3) is 0.375. The zero-order valence-electron chi connectivity index (χ0n) is 12.0. The van der Waals surface area contributed by atoms with Gasteiger partial charge in [-0.3, -0.25) is 0 Å². The molecule has 20 heavy (non-hydrogen) atoms. The molecule has 0 unspecified atom stereocenters. The Balaban J connectivity index is 2.04. The molecule has 0 saturated heterocycles. The van der Waals surface area contributed by atoms with Crippen LogP contribution in [-0.4, -0.2) is 18.2 Å². The molecule has 4 heteroatoms. The lowest BCUT2D eigenvalue weighted by Crippen LogP contribution is -2.13. The highest BCUT2D eigenvalue weighted by Gasteiger charge is 2.05. The van der Waals surface area contributed by atoms with Crippen LogP contribution in [0.2, 0.25) is 0 Å². The fourth-order valence-electron chi connectivity index (χ4n) is 2.17. The SMILES string of the molecule is CCCNCc1ccn(Cc2cc(Br)ccc2OC)c1. The van der Waals surface area contributed by atoms with E-state index in [1.54, 1.807) is 7.11 Å². The number of halogens is 1. The molecule has 1 aromatic carbocycles. The molecule has 0 bridgehead atoms. The van der Waals surface area contributed by atoms with Crippen LogP contribution in [-0.2, 0) is 13.1 Å². The fourth-order valence-corrected chi connectivity index (χ4v) is 2.58. The largest absolute Gasteiger partial charge is 0.496 e. The highest BCUT2D eigenvalue weighted by atomic mass is 79.9. The van der Waals surface area contributed by atoms with Gasteiger partial charge < -0.3 is 14.6 Å². The number of hydrogen-bond acceptors (Lipinski definition) is 2. The van der Waals surface area contributed by atoms with Gasteiger partial charge in [0.15, 0.2) is 0 Å². The quantitative estimate of drug-likeness (QED) is 0.778. The monoisotopic (exact) mass is 336 g/mol. The summed E-state index contributed by atoms with van der Waals surface area (Å²) in [6, 6.07) is 8.26. The van der Waals surface area contributed by atoms with Crippen LogP contribution in [0.15, 0.2) is 41.1 Å². The summed E-state index contributed by atoms with van der Waals surface area (Å²) < 4.78 is 8.67. The number of aromatic nitrogens is 1. The van der Waals surface area contributed by atoms with Crippen molar-refractivity contribution >= 4 is 15.9 Å². The van der Waals surface area contributed by atoms with E-state index >= 15 is 0 Å². The molecule has 3 nitrogen and oxygen atoms in total. The Labute approximate surface area is 129 Å². The molecule has 1 N–H and O–H groups in total. The second-order valence-corrected chi connectivity index (χ2v) is 5.74. The molecule has 0 amide bonds. The average molecular weight is 337 g/mol. The first-order chi connectivity index (χ1) is 9.72. The third-order valence-corrected chi connectivity index (χ3v) is 3.66. The van der Waals surface area contributed by atoms with E-state index in [-0.39, 0.29) is 0 Å². The van der Waals surface area contributed by atoms with Crippen molar-refractivity contribution in [1.82, 2.24) is 9.88 Å². The molecule has 0 atom stereocenters. The summed E-state index contributed by atoms with van der Waals surface area (Å²) >= 11 is 3.51. The van der Waals surface area contributed by atoms with Gasteiger partial charge in [0.1, 0.15) is 5.75 Å². The highest BCUT2D eigenvalue weighted by Crippen LogP contribution is 2.24. The van der Waals surface area contributed by atoms with Crippen molar-refractivity contribution in [3.05, 3.63) is 52.3 Å². The minimum absolute atomic E-state index is 0.816. The van der Waals surface area contributed by atoms with E-state index in [0.717, 1.165) is 36.3 Å². The maximum atomic E-state index is 5.41. The van der Waals surface area contributed by atoms with E-state index in [1.807, 2.05) is 12.1 Å². The molecule has 108 valence electrons. The first kappa shape index (κ1) is 15.1. The highest BCUT2D eigenvalue weighted by molar-refractivity contribution is 9.10. The lowest BCUT2D eigenvalue weighted by Gasteiger charge is -2.10. The molecular formula is C16H21BrN2O. The Hall–Kier alpha value is -1.26. The zero-order chi connectivity index (χ0) is 14.4. The van der Waals surface area contributed by atoms with Crippen LogP contribution in [0.5, 0.6) is 5.75 Å². The topological polar surface area (TPSA) is 26.2 Å². The van der Waals surface area contributed by atoms with Crippen molar-refractivity contribution in [3.63, 3.8) is 0 Å². The smallest absolute Gasteiger partial charge is 0.123 e. The van der Waals surface area contributed by atoms with Crippen molar-refractivity contribution in [2.24, 2.45) is 0 Å². The number of benzene rings is 1. The molecule has 2 rings (SSSR count). The van der Waals surface area contributed by atoms with E-state index in [1.165, 1.54) is 11.1 Å². The Bertz CT molecular complexity index is 551. The number of nitrogens with one attached hydrogen (secondary N) is 1. The molecule has 2 aromatic rings. The minimum atomic E-state index is 0.816. The van der Waals surface area contributed by atoms with E-state index in [4.69, 9.17) is 4.74 Å². The summed E-state index contributed by atoms with van der Waals surface area (Å²) in [5.41, 5.74) is 2.48. The number of ether oxygens (including phenoxy) is 1. The molecule has 0 aliphatic carbocycles. The van der Waals surface area contributed by atoms with Gasteiger partial charge in [-0.1, -0.05) is 22.9 Å². The Kier molecular flexibility index (Phi) is 5.68. The standard InChI is InChI=1S/C16H21BrN2O/c1-3-7-18-10-13-6-8-19(11-13)12-14-9-15(17)4-5-16(14)20-2/h4-6,8-9,11,18H,3,7,10,12H2,1-2H3. The summed E-state index contributed by atoms with van der Waals surface area (Å²) in [6.07, 6.45) is 5.46. The molecule has 0 aliphatic heterocycles. The normalized spacial score (nSPS) is 10.8. The lowest BCUT2D eigenvalue weighted by molar-refractivity contribution is 0.408. The van der Waals surface area contributed by atoms with Crippen LogP contribution in [0.4, 0.5) is 0 Å². The Morgan fingerprint density at radius 3 is 2.90 bits per heavy atom. The van der Waals surface area contributed by atoms with Crippen LogP contribution >= 0.6 is 15.9 Å². The van der Waals surface area contributed by atoms with E-state index < -0.39 is 0 Å². The molecule has 0 saturated carbocycles. The van der Waals surface area contributed by atoms with Gasteiger partial charge in [-0.25, -0.2) is 0 Å². The second-order valence-electron chi connectivity index (χ2n) is 4.83. The van der Waals surface area contributed by atoms with Crippen LogP contribution < -0.4 is 10.1 Å². The van der Waals surface area contributed by atoms with Crippen LogP contribution in [0, 0.1) is 0 Å². The number of methoxy groups -OCH3 is 1. The summed E-state index contributed by atoms with van der Waals surface area (Å²) in [7, 11) is 1.71. The van der Waals surface area contributed by atoms with Gasteiger partial charge in [-0.2, -0.15) is 0 Å². The van der Waals surface area contributed by atoms with E-state index in [0.29, 0.717) is 0 Å². The summed E-state index contributed by atoms with van der Waals surface area (Å²) in [6.45, 7) is 4.98. The molecule has 1 aromatic heterocycles. The molecule has 0 aliphatic rings.